The zero-order valence-corrected chi connectivity index (χ0v) is 5.64. The molecular weight excluding hydrogens is 144 g/mol. The molecule has 1 aliphatic rings. The Morgan fingerprint density at radius 2 is 2.55 bits per heavy atom. The van der Waals surface area contributed by atoms with Crippen LogP contribution in [0.3, 0.4) is 0 Å². The van der Waals surface area contributed by atoms with Crippen LogP contribution in [0.1, 0.15) is 11.7 Å². The second-order valence-electron chi connectivity index (χ2n) is 2.37. The molecule has 0 amide bonds. The van der Waals surface area contributed by atoms with Gasteiger partial charge in [-0.25, -0.2) is 9.78 Å². The number of imidazole rings is 1. The summed E-state index contributed by atoms with van der Waals surface area (Å²) in [5.74, 6) is -0.849. The number of hydrogen-bond acceptors (Lipinski definition) is 2. The second kappa shape index (κ2) is 1.95. The van der Waals surface area contributed by atoms with Gasteiger partial charge in [0.05, 0.1) is 18.2 Å². The van der Waals surface area contributed by atoms with Crippen LogP contribution in [0.4, 0.5) is 0 Å². The Labute approximate surface area is 62.8 Å². The van der Waals surface area contributed by atoms with Crippen LogP contribution >= 0.6 is 0 Å². The molecule has 0 aromatic carbocycles. The first-order chi connectivity index (χ1) is 5.29. The third-order valence-electron chi connectivity index (χ3n) is 1.70. The van der Waals surface area contributed by atoms with E-state index in [4.69, 9.17) is 5.11 Å². The quantitative estimate of drug-likeness (QED) is 0.635. The number of hydrogen-bond donors (Lipinski definition) is 1. The van der Waals surface area contributed by atoms with Crippen LogP contribution in [0.15, 0.2) is 18.6 Å². The lowest BCUT2D eigenvalue weighted by molar-refractivity contribution is -0.139. The van der Waals surface area contributed by atoms with Gasteiger partial charge in [-0.1, -0.05) is 0 Å². The molecule has 0 bridgehead atoms. The number of fused-ring (bicyclic) bond motifs is 1. The molecule has 2 rings (SSSR count). The molecule has 1 aromatic heterocycles. The number of carboxylic acid groups (broad SMARTS) is 1. The van der Waals surface area contributed by atoms with Gasteiger partial charge in [-0.2, -0.15) is 0 Å². The van der Waals surface area contributed by atoms with E-state index in [1.165, 1.54) is 6.33 Å². The molecule has 4 nitrogen and oxygen atoms in total. The molecule has 1 unspecified atom stereocenters. The summed E-state index contributed by atoms with van der Waals surface area (Å²) >= 11 is 0. The molecule has 56 valence electrons. The molecule has 0 spiro atoms. The van der Waals surface area contributed by atoms with Crippen molar-refractivity contribution in [2.75, 3.05) is 0 Å². The summed E-state index contributed by atoms with van der Waals surface area (Å²) in [6.45, 7) is 0. The highest BCUT2D eigenvalue weighted by Gasteiger charge is 2.21. The number of carboxylic acids is 1. The molecule has 1 N–H and O–H groups in total. The van der Waals surface area contributed by atoms with Gasteiger partial charge in [-0.05, 0) is 12.2 Å². The minimum atomic E-state index is -0.849. The molecule has 1 aliphatic heterocycles. The van der Waals surface area contributed by atoms with Crippen molar-refractivity contribution >= 4 is 12.0 Å². The Morgan fingerprint density at radius 3 is 3.27 bits per heavy atom. The van der Waals surface area contributed by atoms with Crippen molar-refractivity contribution in [3.63, 3.8) is 0 Å². The monoisotopic (exact) mass is 150 g/mol. The molecule has 0 saturated carbocycles. The molecule has 0 fully saturated rings. The highest BCUT2D eigenvalue weighted by Crippen LogP contribution is 2.20. The highest BCUT2D eigenvalue weighted by molar-refractivity contribution is 5.78. The third kappa shape index (κ3) is 0.756. The normalized spacial score (nSPS) is 20.2. The number of carbonyl (C=O) groups is 1. The number of aromatic nitrogens is 2. The van der Waals surface area contributed by atoms with Crippen molar-refractivity contribution in [2.45, 2.75) is 6.04 Å². The smallest absolute Gasteiger partial charge is 0.330 e. The van der Waals surface area contributed by atoms with E-state index in [-0.39, 0.29) is 0 Å². The molecule has 11 heavy (non-hydrogen) atoms. The maximum absolute atomic E-state index is 10.6. The van der Waals surface area contributed by atoms with Gasteiger partial charge < -0.3 is 9.67 Å². The minimum Gasteiger partial charge on any atom is -0.479 e. The fourth-order valence-corrected chi connectivity index (χ4v) is 1.16. The number of nitrogens with zero attached hydrogens (tertiary/aromatic N) is 2. The maximum atomic E-state index is 10.6. The zero-order valence-electron chi connectivity index (χ0n) is 5.64. The Hall–Kier alpha value is -1.58. The molecule has 0 radical (unpaired) electrons. The summed E-state index contributed by atoms with van der Waals surface area (Å²) in [5.41, 5.74) is 0.845. The number of aliphatic carboxylic acids is 1. The first kappa shape index (κ1) is 6.15. The van der Waals surface area contributed by atoms with Crippen LogP contribution in [0, 0.1) is 0 Å². The van der Waals surface area contributed by atoms with Gasteiger partial charge in [0.15, 0.2) is 6.04 Å². The Kier molecular flexibility index (Phi) is 1.09. The van der Waals surface area contributed by atoms with Crippen LogP contribution in [-0.4, -0.2) is 20.6 Å². The second-order valence-corrected chi connectivity index (χ2v) is 2.37. The fraction of sp³-hybridized carbons (Fsp3) is 0.143. The third-order valence-corrected chi connectivity index (χ3v) is 1.70. The van der Waals surface area contributed by atoms with E-state index < -0.39 is 12.0 Å². The van der Waals surface area contributed by atoms with E-state index >= 15 is 0 Å². The van der Waals surface area contributed by atoms with Crippen molar-refractivity contribution in [3.05, 3.63) is 24.3 Å². The van der Waals surface area contributed by atoms with Crippen LogP contribution in [0.5, 0.6) is 0 Å². The number of rotatable bonds is 1. The van der Waals surface area contributed by atoms with E-state index in [0.29, 0.717) is 0 Å². The van der Waals surface area contributed by atoms with E-state index in [2.05, 4.69) is 4.98 Å². The topological polar surface area (TPSA) is 55.1 Å². The Bertz CT molecular complexity index is 327. The van der Waals surface area contributed by atoms with Crippen LogP contribution in [-0.2, 0) is 4.79 Å². The maximum Gasteiger partial charge on any atom is 0.330 e. The van der Waals surface area contributed by atoms with Gasteiger partial charge in [-0.15, -0.1) is 0 Å². The van der Waals surface area contributed by atoms with Gasteiger partial charge in [0.25, 0.3) is 0 Å². The van der Waals surface area contributed by atoms with E-state index in [1.54, 1.807) is 22.9 Å². The average molecular weight is 150 g/mol. The predicted octanol–water partition coefficient (Wildman–Crippen LogP) is 0.536. The fourth-order valence-electron chi connectivity index (χ4n) is 1.16. The molecule has 4 heteroatoms. The highest BCUT2D eigenvalue weighted by atomic mass is 16.4. The van der Waals surface area contributed by atoms with Gasteiger partial charge >= 0.3 is 5.97 Å². The summed E-state index contributed by atoms with van der Waals surface area (Å²) in [5, 5.41) is 8.68. The standard InChI is InChI=1S/C7H6N2O2/c10-7(11)6-2-1-5-3-8-4-9(5)6/h1-4,6H,(H,10,11). The first-order valence-corrected chi connectivity index (χ1v) is 3.22. The lowest BCUT2D eigenvalue weighted by Gasteiger charge is -2.04. The lowest BCUT2D eigenvalue weighted by atomic mass is 10.3. The summed E-state index contributed by atoms with van der Waals surface area (Å²) in [6.07, 6.45) is 6.55. The largest absolute Gasteiger partial charge is 0.479 e. The van der Waals surface area contributed by atoms with E-state index in [1.807, 2.05) is 0 Å². The predicted molar refractivity (Wildman–Crippen MR) is 37.9 cm³/mol. The average Bonchev–Trinajstić information content (AvgIpc) is 2.41. The lowest BCUT2D eigenvalue weighted by Crippen LogP contribution is -2.13. The molecule has 0 aliphatic carbocycles. The van der Waals surface area contributed by atoms with E-state index in [9.17, 15) is 4.79 Å². The summed E-state index contributed by atoms with van der Waals surface area (Å²) in [7, 11) is 0. The molecular formula is C7H6N2O2. The van der Waals surface area contributed by atoms with Crippen molar-refractivity contribution in [3.8, 4) is 0 Å². The van der Waals surface area contributed by atoms with Crippen LogP contribution < -0.4 is 0 Å². The minimum absolute atomic E-state index is 0.563. The van der Waals surface area contributed by atoms with Crippen molar-refractivity contribution in [2.24, 2.45) is 0 Å². The Balaban J connectivity index is 2.46. The first-order valence-electron chi connectivity index (χ1n) is 3.22. The SMILES string of the molecule is O=C(O)C1C=Cc2cncn21. The summed E-state index contributed by atoms with van der Waals surface area (Å²) in [6, 6.07) is -0.563. The van der Waals surface area contributed by atoms with Crippen LogP contribution in [0.25, 0.3) is 6.08 Å². The van der Waals surface area contributed by atoms with Crippen molar-refractivity contribution in [1.29, 1.82) is 0 Å². The van der Waals surface area contributed by atoms with Gasteiger partial charge in [0.1, 0.15) is 0 Å². The van der Waals surface area contributed by atoms with Crippen LogP contribution in [0.2, 0.25) is 0 Å². The van der Waals surface area contributed by atoms with Gasteiger partial charge in [-0.3, -0.25) is 0 Å². The van der Waals surface area contributed by atoms with E-state index in [0.717, 1.165) is 5.69 Å². The molecule has 0 saturated heterocycles. The molecule has 1 aromatic rings. The van der Waals surface area contributed by atoms with Gasteiger partial charge in [0, 0.05) is 0 Å². The molecule has 2 heterocycles. The Morgan fingerprint density at radius 1 is 1.73 bits per heavy atom. The van der Waals surface area contributed by atoms with Crippen molar-refractivity contribution in [1.82, 2.24) is 9.55 Å². The van der Waals surface area contributed by atoms with Crippen molar-refractivity contribution < 1.29 is 9.90 Å². The molecule has 1 atom stereocenters. The summed E-state index contributed by atoms with van der Waals surface area (Å²) in [4.78, 5) is 14.4. The zero-order chi connectivity index (χ0) is 7.84. The summed E-state index contributed by atoms with van der Waals surface area (Å²) < 4.78 is 1.61. The van der Waals surface area contributed by atoms with Gasteiger partial charge in [0.2, 0.25) is 0 Å².